The molecule has 1 N–H and O–H groups in total. The zero-order chi connectivity index (χ0) is 16.8. The monoisotopic (exact) mass is 322 g/mol. The second-order valence-corrected chi connectivity index (χ2v) is 6.24. The number of rotatable bonds is 6. The van der Waals surface area contributed by atoms with Crippen molar-refractivity contribution in [3.63, 3.8) is 0 Å². The summed E-state index contributed by atoms with van der Waals surface area (Å²) in [6, 6.07) is 0. The number of unbranched alkanes of at least 4 members (excludes halogenated alkanes) is 1. The molecule has 1 saturated heterocycles. The first-order chi connectivity index (χ1) is 10.2. The van der Waals surface area contributed by atoms with E-state index >= 15 is 0 Å². The van der Waals surface area contributed by atoms with Crippen LogP contribution in [0.25, 0.3) is 0 Å². The van der Waals surface area contributed by atoms with E-state index in [1.807, 2.05) is 0 Å². The first-order valence-corrected chi connectivity index (χ1v) is 7.85. The maximum absolute atomic E-state index is 12.3. The zero-order valence-electron chi connectivity index (χ0n) is 13.2. The van der Waals surface area contributed by atoms with Gasteiger partial charge < -0.3 is 10.2 Å². The van der Waals surface area contributed by atoms with Gasteiger partial charge in [0.1, 0.15) is 0 Å². The number of alkyl halides is 3. The summed E-state index contributed by atoms with van der Waals surface area (Å²) in [4.78, 5) is 23.8. The van der Waals surface area contributed by atoms with Gasteiger partial charge in [-0.2, -0.15) is 13.2 Å². The van der Waals surface area contributed by atoms with Gasteiger partial charge in [-0.1, -0.05) is 26.7 Å². The van der Waals surface area contributed by atoms with Gasteiger partial charge in [0.25, 0.3) is 0 Å². The first-order valence-electron chi connectivity index (χ1n) is 7.85. The number of nitrogens with zero attached hydrogens (tertiary/aromatic N) is 1. The lowest BCUT2D eigenvalue weighted by Gasteiger charge is -2.31. The summed E-state index contributed by atoms with van der Waals surface area (Å²) >= 11 is 0. The molecule has 128 valence electrons. The normalized spacial score (nSPS) is 16.9. The Bertz CT molecular complexity index is 375. The number of carbonyl (C=O) groups excluding carboxylic acids is 2. The SMILES string of the molecule is CC(C)CCCCNC(=O)C1CCN(C(=O)C(F)(F)F)CC1. The minimum absolute atomic E-state index is 0.0101. The zero-order valence-corrected chi connectivity index (χ0v) is 13.2. The lowest BCUT2D eigenvalue weighted by molar-refractivity contribution is -0.186. The van der Waals surface area contributed by atoms with Crippen molar-refractivity contribution >= 4 is 11.8 Å². The van der Waals surface area contributed by atoms with Crippen LogP contribution in [0.5, 0.6) is 0 Å². The van der Waals surface area contributed by atoms with Gasteiger partial charge in [-0.3, -0.25) is 9.59 Å². The van der Waals surface area contributed by atoms with Crippen LogP contribution >= 0.6 is 0 Å². The highest BCUT2D eigenvalue weighted by molar-refractivity contribution is 5.83. The van der Waals surface area contributed by atoms with E-state index in [9.17, 15) is 22.8 Å². The second-order valence-electron chi connectivity index (χ2n) is 6.24. The molecule has 0 aromatic rings. The van der Waals surface area contributed by atoms with E-state index in [4.69, 9.17) is 0 Å². The predicted molar refractivity (Wildman–Crippen MR) is 77.1 cm³/mol. The maximum atomic E-state index is 12.3. The molecule has 0 saturated carbocycles. The summed E-state index contributed by atoms with van der Waals surface area (Å²) in [6.45, 7) is 4.88. The van der Waals surface area contributed by atoms with Crippen molar-refractivity contribution in [3.05, 3.63) is 0 Å². The standard InChI is InChI=1S/C15H25F3N2O2/c1-11(2)5-3-4-8-19-13(21)12-6-9-20(10-7-12)14(22)15(16,17)18/h11-12H,3-10H2,1-2H3,(H,19,21). The van der Waals surface area contributed by atoms with Crippen molar-refractivity contribution in [2.75, 3.05) is 19.6 Å². The Morgan fingerprint density at radius 2 is 1.77 bits per heavy atom. The molecule has 2 amide bonds. The molecular formula is C15H25F3N2O2. The van der Waals surface area contributed by atoms with Gasteiger partial charge in [-0.25, -0.2) is 0 Å². The summed E-state index contributed by atoms with van der Waals surface area (Å²) < 4.78 is 36.9. The third-order valence-corrected chi connectivity index (χ3v) is 3.90. The largest absolute Gasteiger partial charge is 0.471 e. The molecule has 0 aliphatic carbocycles. The lowest BCUT2D eigenvalue weighted by atomic mass is 9.95. The van der Waals surface area contributed by atoms with E-state index < -0.39 is 12.1 Å². The van der Waals surface area contributed by atoms with Gasteiger partial charge in [0.05, 0.1) is 0 Å². The third-order valence-electron chi connectivity index (χ3n) is 3.90. The van der Waals surface area contributed by atoms with Crippen molar-refractivity contribution < 1.29 is 22.8 Å². The predicted octanol–water partition coefficient (Wildman–Crippen LogP) is 2.73. The van der Waals surface area contributed by atoms with Gasteiger partial charge >= 0.3 is 12.1 Å². The number of hydrogen-bond donors (Lipinski definition) is 1. The van der Waals surface area contributed by atoms with Crippen LogP contribution < -0.4 is 5.32 Å². The molecule has 1 fully saturated rings. The minimum Gasteiger partial charge on any atom is -0.356 e. The number of hydrogen-bond acceptors (Lipinski definition) is 2. The Morgan fingerprint density at radius 1 is 1.18 bits per heavy atom. The Balaban J connectivity index is 2.24. The highest BCUT2D eigenvalue weighted by Crippen LogP contribution is 2.23. The van der Waals surface area contributed by atoms with Gasteiger partial charge in [0, 0.05) is 25.6 Å². The van der Waals surface area contributed by atoms with Crippen LogP contribution in [0.4, 0.5) is 13.2 Å². The average Bonchev–Trinajstić information content (AvgIpc) is 2.44. The second kappa shape index (κ2) is 8.39. The van der Waals surface area contributed by atoms with Gasteiger partial charge in [-0.05, 0) is 25.2 Å². The van der Waals surface area contributed by atoms with Gasteiger partial charge in [0.15, 0.2) is 0 Å². The number of halogens is 3. The molecule has 0 spiro atoms. The molecular weight excluding hydrogens is 297 g/mol. The van der Waals surface area contributed by atoms with Crippen LogP contribution in [-0.2, 0) is 9.59 Å². The number of carbonyl (C=O) groups is 2. The highest BCUT2D eigenvalue weighted by atomic mass is 19.4. The van der Waals surface area contributed by atoms with Crippen LogP contribution in [0.2, 0.25) is 0 Å². The molecule has 1 aliphatic heterocycles. The van der Waals surface area contributed by atoms with E-state index in [-0.39, 0.29) is 24.9 Å². The smallest absolute Gasteiger partial charge is 0.356 e. The van der Waals surface area contributed by atoms with E-state index in [1.54, 1.807) is 0 Å². The fourth-order valence-corrected chi connectivity index (χ4v) is 2.56. The topological polar surface area (TPSA) is 49.4 Å². The molecule has 1 aliphatic rings. The summed E-state index contributed by atoms with van der Waals surface area (Å²) in [5, 5.41) is 2.84. The summed E-state index contributed by atoms with van der Waals surface area (Å²) in [6.07, 6.45) is -1.16. The Kier molecular flexibility index (Phi) is 7.16. The molecule has 1 heterocycles. The molecule has 0 aromatic carbocycles. The third kappa shape index (κ3) is 6.23. The summed E-state index contributed by atoms with van der Waals surface area (Å²) in [5.41, 5.74) is 0. The highest BCUT2D eigenvalue weighted by Gasteiger charge is 2.43. The van der Waals surface area contributed by atoms with Crippen molar-refractivity contribution in [2.24, 2.45) is 11.8 Å². The first kappa shape index (κ1) is 18.8. The number of piperidine rings is 1. The van der Waals surface area contributed by atoms with Crippen molar-refractivity contribution in [2.45, 2.75) is 52.1 Å². The summed E-state index contributed by atoms with van der Waals surface area (Å²) in [7, 11) is 0. The van der Waals surface area contributed by atoms with Gasteiger partial charge in [0.2, 0.25) is 5.91 Å². The number of amides is 2. The fourth-order valence-electron chi connectivity index (χ4n) is 2.56. The molecule has 7 heteroatoms. The quantitative estimate of drug-likeness (QED) is 0.765. The average molecular weight is 322 g/mol. The minimum atomic E-state index is -4.83. The molecule has 0 atom stereocenters. The molecule has 1 rings (SSSR count). The number of nitrogens with one attached hydrogen (secondary N) is 1. The Morgan fingerprint density at radius 3 is 2.27 bits per heavy atom. The molecule has 0 unspecified atom stereocenters. The van der Waals surface area contributed by atoms with Crippen molar-refractivity contribution in [1.29, 1.82) is 0 Å². The number of likely N-dealkylation sites (tertiary alicyclic amines) is 1. The molecule has 4 nitrogen and oxygen atoms in total. The Hall–Kier alpha value is -1.27. The summed E-state index contributed by atoms with van der Waals surface area (Å²) in [5.74, 6) is -1.56. The van der Waals surface area contributed by atoms with E-state index in [1.165, 1.54) is 0 Å². The van der Waals surface area contributed by atoms with Crippen LogP contribution in [0.1, 0.15) is 46.0 Å². The van der Waals surface area contributed by atoms with Crippen molar-refractivity contribution in [1.82, 2.24) is 10.2 Å². The van der Waals surface area contributed by atoms with Gasteiger partial charge in [-0.15, -0.1) is 0 Å². The molecule has 22 heavy (non-hydrogen) atoms. The van der Waals surface area contributed by atoms with Crippen LogP contribution in [-0.4, -0.2) is 42.5 Å². The molecule has 0 aromatic heterocycles. The fraction of sp³-hybridized carbons (Fsp3) is 0.867. The van der Waals surface area contributed by atoms with E-state index in [2.05, 4.69) is 19.2 Å². The Labute approximate surface area is 129 Å². The van der Waals surface area contributed by atoms with Crippen LogP contribution in [0.15, 0.2) is 0 Å². The van der Waals surface area contributed by atoms with E-state index in [0.29, 0.717) is 25.3 Å². The van der Waals surface area contributed by atoms with E-state index in [0.717, 1.165) is 24.2 Å². The van der Waals surface area contributed by atoms with Crippen LogP contribution in [0, 0.1) is 11.8 Å². The molecule has 0 radical (unpaired) electrons. The van der Waals surface area contributed by atoms with Crippen molar-refractivity contribution in [3.8, 4) is 0 Å². The lowest BCUT2D eigenvalue weighted by Crippen LogP contribution is -2.47. The maximum Gasteiger partial charge on any atom is 0.471 e. The van der Waals surface area contributed by atoms with Crippen LogP contribution in [0.3, 0.4) is 0 Å². The molecule has 0 bridgehead atoms.